The topological polar surface area (TPSA) is 38.8 Å². The first kappa shape index (κ1) is 14.5. The van der Waals surface area contributed by atoms with Gasteiger partial charge in [0, 0.05) is 24.0 Å². The van der Waals surface area contributed by atoms with Crippen LogP contribution in [0.5, 0.6) is 11.5 Å². The third-order valence-electron chi connectivity index (χ3n) is 4.10. The van der Waals surface area contributed by atoms with Gasteiger partial charge in [0.25, 0.3) is 5.91 Å². The molecular weight excluding hydrogens is 290 g/mol. The number of nitrogens with zero attached hydrogens (tertiary/aromatic N) is 1. The number of carbonyl (C=O) groups excluding carboxylic acids is 1. The number of carbonyl (C=O) groups is 1. The number of ether oxygens (including phenoxy) is 2. The Morgan fingerprint density at radius 1 is 1.24 bits per heavy atom. The van der Waals surface area contributed by atoms with E-state index < -0.39 is 0 Å². The van der Waals surface area contributed by atoms with Crippen LogP contribution in [-0.4, -0.2) is 42.5 Å². The Morgan fingerprint density at radius 2 is 2.00 bits per heavy atom. The zero-order valence-corrected chi connectivity index (χ0v) is 12.8. The lowest BCUT2D eigenvalue weighted by Gasteiger charge is -2.37. The first-order chi connectivity index (χ1) is 10.3. The van der Waals surface area contributed by atoms with Crippen molar-refractivity contribution >= 4 is 17.5 Å². The summed E-state index contributed by atoms with van der Waals surface area (Å²) in [4.78, 5) is 14.7. The second kappa shape index (κ2) is 6.56. The Morgan fingerprint density at radius 3 is 2.67 bits per heavy atom. The lowest BCUT2D eigenvalue weighted by atomic mass is 9.90. The van der Waals surface area contributed by atoms with Gasteiger partial charge in [-0.15, -0.1) is 11.6 Å². The molecule has 0 aromatic heterocycles. The number of fused-ring (bicyclic) bond motifs is 1. The largest absolute Gasteiger partial charge is 0.486 e. The average Bonchev–Trinajstić information content (AvgIpc) is 2.48. The molecule has 0 saturated heterocycles. The highest BCUT2D eigenvalue weighted by molar-refractivity contribution is 6.17. The minimum atomic E-state index is 0.0711. The van der Waals surface area contributed by atoms with Gasteiger partial charge in [0.1, 0.15) is 13.2 Å². The van der Waals surface area contributed by atoms with E-state index >= 15 is 0 Å². The summed E-state index contributed by atoms with van der Waals surface area (Å²) in [5.41, 5.74) is 0.667. The monoisotopic (exact) mass is 309 g/mol. The number of rotatable bonds is 5. The summed E-state index contributed by atoms with van der Waals surface area (Å²) >= 11 is 5.78. The third kappa shape index (κ3) is 3.10. The summed E-state index contributed by atoms with van der Waals surface area (Å²) in [6.45, 7) is 1.81. The van der Waals surface area contributed by atoms with E-state index in [4.69, 9.17) is 21.1 Å². The molecule has 0 atom stereocenters. The summed E-state index contributed by atoms with van der Waals surface area (Å²) in [5.74, 6) is 2.03. The van der Waals surface area contributed by atoms with Gasteiger partial charge in [-0.05, 0) is 43.9 Å². The predicted molar refractivity (Wildman–Crippen MR) is 81.4 cm³/mol. The second-order valence-corrected chi connectivity index (χ2v) is 5.86. The molecule has 1 heterocycles. The smallest absolute Gasteiger partial charge is 0.254 e. The van der Waals surface area contributed by atoms with Gasteiger partial charge < -0.3 is 14.4 Å². The van der Waals surface area contributed by atoms with Crippen LogP contribution in [0.1, 0.15) is 36.0 Å². The molecule has 0 unspecified atom stereocenters. The Kier molecular flexibility index (Phi) is 4.54. The Labute approximate surface area is 130 Å². The summed E-state index contributed by atoms with van der Waals surface area (Å²) in [6.07, 6.45) is 4.22. The second-order valence-electron chi connectivity index (χ2n) is 5.48. The molecule has 0 spiro atoms. The van der Waals surface area contributed by atoms with Crippen molar-refractivity contribution in [1.82, 2.24) is 4.90 Å². The van der Waals surface area contributed by atoms with E-state index in [1.165, 1.54) is 6.42 Å². The molecule has 114 valence electrons. The van der Waals surface area contributed by atoms with E-state index in [1.807, 2.05) is 17.0 Å². The molecule has 0 bridgehead atoms. The maximum atomic E-state index is 12.8. The van der Waals surface area contributed by atoms with Crippen molar-refractivity contribution in [3.8, 4) is 11.5 Å². The van der Waals surface area contributed by atoms with E-state index in [0.717, 1.165) is 25.8 Å². The van der Waals surface area contributed by atoms with E-state index in [2.05, 4.69) is 0 Å². The van der Waals surface area contributed by atoms with Crippen molar-refractivity contribution in [3.05, 3.63) is 23.8 Å². The van der Waals surface area contributed by atoms with E-state index in [0.29, 0.717) is 42.2 Å². The lowest BCUT2D eigenvalue weighted by Crippen LogP contribution is -2.44. The van der Waals surface area contributed by atoms with E-state index in [1.54, 1.807) is 6.07 Å². The van der Waals surface area contributed by atoms with Crippen molar-refractivity contribution in [2.24, 2.45) is 0 Å². The van der Waals surface area contributed by atoms with E-state index in [9.17, 15) is 4.79 Å². The predicted octanol–water partition coefficient (Wildman–Crippen LogP) is 3.08. The van der Waals surface area contributed by atoms with Crippen LogP contribution in [0.3, 0.4) is 0 Å². The fourth-order valence-corrected chi connectivity index (χ4v) is 2.84. The van der Waals surface area contributed by atoms with Crippen LogP contribution >= 0.6 is 11.6 Å². The summed E-state index contributed by atoms with van der Waals surface area (Å²) in [6, 6.07) is 5.81. The van der Waals surface area contributed by atoms with Gasteiger partial charge in [-0.2, -0.15) is 0 Å². The zero-order valence-electron chi connectivity index (χ0n) is 12.0. The number of alkyl halides is 1. The number of hydrogen-bond acceptors (Lipinski definition) is 3. The highest BCUT2D eigenvalue weighted by atomic mass is 35.5. The van der Waals surface area contributed by atoms with Gasteiger partial charge in [0.05, 0.1) is 0 Å². The number of benzene rings is 1. The molecule has 3 rings (SSSR count). The van der Waals surface area contributed by atoms with Gasteiger partial charge in [-0.1, -0.05) is 0 Å². The van der Waals surface area contributed by atoms with Crippen LogP contribution in [0, 0.1) is 0 Å². The molecule has 2 aliphatic rings. The Bertz CT molecular complexity index is 516. The average molecular weight is 310 g/mol. The maximum Gasteiger partial charge on any atom is 0.254 e. The van der Waals surface area contributed by atoms with Crippen LogP contribution in [0.25, 0.3) is 0 Å². The molecule has 1 aromatic carbocycles. The van der Waals surface area contributed by atoms with Gasteiger partial charge in [-0.25, -0.2) is 0 Å². The van der Waals surface area contributed by atoms with Crippen molar-refractivity contribution in [2.75, 3.05) is 25.6 Å². The summed E-state index contributed by atoms with van der Waals surface area (Å²) < 4.78 is 11.1. The number of amides is 1. The first-order valence-corrected chi connectivity index (χ1v) is 8.09. The van der Waals surface area contributed by atoms with Crippen LogP contribution in [0.4, 0.5) is 0 Å². The normalized spacial score (nSPS) is 17.2. The Balaban J connectivity index is 1.78. The molecule has 1 amide bonds. The molecule has 1 aliphatic carbocycles. The molecule has 1 saturated carbocycles. The zero-order chi connectivity index (χ0) is 14.7. The van der Waals surface area contributed by atoms with Crippen LogP contribution in [0.15, 0.2) is 18.2 Å². The Hall–Kier alpha value is -1.42. The van der Waals surface area contributed by atoms with Crippen molar-refractivity contribution in [3.63, 3.8) is 0 Å². The van der Waals surface area contributed by atoms with Gasteiger partial charge in [0.15, 0.2) is 11.5 Å². The minimum absolute atomic E-state index is 0.0711. The molecule has 0 radical (unpaired) electrons. The minimum Gasteiger partial charge on any atom is -0.486 e. The molecule has 4 nitrogen and oxygen atoms in total. The first-order valence-electron chi connectivity index (χ1n) is 7.56. The van der Waals surface area contributed by atoms with Crippen LogP contribution in [-0.2, 0) is 0 Å². The highest BCUT2D eigenvalue weighted by Gasteiger charge is 2.29. The van der Waals surface area contributed by atoms with E-state index in [-0.39, 0.29) is 5.91 Å². The molecule has 5 heteroatoms. The quantitative estimate of drug-likeness (QED) is 0.785. The highest BCUT2D eigenvalue weighted by Crippen LogP contribution is 2.32. The summed E-state index contributed by atoms with van der Waals surface area (Å²) in [5, 5.41) is 0. The lowest BCUT2D eigenvalue weighted by molar-refractivity contribution is 0.0580. The fraction of sp³-hybridized carbons (Fsp3) is 0.562. The molecule has 21 heavy (non-hydrogen) atoms. The third-order valence-corrected chi connectivity index (χ3v) is 4.37. The van der Waals surface area contributed by atoms with Crippen molar-refractivity contribution in [2.45, 2.75) is 31.7 Å². The van der Waals surface area contributed by atoms with Crippen molar-refractivity contribution in [1.29, 1.82) is 0 Å². The van der Waals surface area contributed by atoms with Gasteiger partial charge in [-0.3, -0.25) is 4.79 Å². The van der Waals surface area contributed by atoms with Crippen molar-refractivity contribution < 1.29 is 14.3 Å². The van der Waals surface area contributed by atoms with Gasteiger partial charge in [0.2, 0.25) is 0 Å². The molecular formula is C16H20ClNO3. The molecule has 1 aromatic rings. The molecule has 0 N–H and O–H groups in total. The molecule has 1 fully saturated rings. The SMILES string of the molecule is O=C(c1ccc2c(c1)OCCO2)N(CCCCl)C1CCC1. The summed E-state index contributed by atoms with van der Waals surface area (Å²) in [7, 11) is 0. The van der Waals surface area contributed by atoms with Crippen LogP contribution < -0.4 is 9.47 Å². The fourth-order valence-electron chi connectivity index (χ4n) is 2.72. The number of hydrogen-bond donors (Lipinski definition) is 0. The van der Waals surface area contributed by atoms with Crippen LogP contribution in [0.2, 0.25) is 0 Å². The maximum absolute atomic E-state index is 12.8. The molecule has 1 aliphatic heterocycles. The van der Waals surface area contributed by atoms with Gasteiger partial charge >= 0.3 is 0 Å². The standard InChI is InChI=1S/C16H20ClNO3/c17-7-2-8-18(13-3-1-4-13)16(19)12-5-6-14-15(11-12)21-10-9-20-14/h5-6,11,13H,1-4,7-10H2. The number of halogens is 1.